The molecule has 2 unspecified atom stereocenters. The number of hydrogen-bond acceptors (Lipinski definition) is 5. The number of carbonyl (C=O) groups is 1. The van der Waals surface area contributed by atoms with Crippen LogP contribution in [0.15, 0.2) is 24.5 Å². The fourth-order valence-electron chi connectivity index (χ4n) is 4.91. The number of ether oxygens (including phenoxy) is 3. The molecule has 2 rings (SSSR count). The van der Waals surface area contributed by atoms with Crippen molar-refractivity contribution in [3.05, 3.63) is 30.1 Å². The van der Waals surface area contributed by atoms with Crippen molar-refractivity contribution in [2.45, 2.75) is 129 Å². The van der Waals surface area contributed by atoms with Crippen LogP contribution in [-0.2, 0) is 20.8 Å². The summed E-state index contributed by atoms with van der Waals surface area (Å²) in [6.07, 6.45) is 26.0. The molecule has 1 aromatic rings. The third kappa shape index (κ3) is 17.5. The maximum Gasteiger partial charge on any atom is 0.407 e. The van der Waals surface area contributed by atoms with Gasteiger partial charge in [-0.3, -0.25) is 4.98 Å². The van der Waals surface area contributed by atoms with Gasteiger partial charge in [-0.05, 0) is 24.5 Å². The highest BCUT2D eigenvalue weighted by molar-refractivity contribution is 5.67. The third-order valence-corrected chi connectivity index (χ3v) is 7.22. The highest BCUT2D eigenvalue weighted by Crippen LogP contribution is 2.20. The first kappa shape index (κ1) is 31.6. The molecule has 0 saturated carbocycles. The lowest BCUT2D eigenvalue weighted by molar-refractivity contribution is 0.0391. The number of nitrogens with one attached hydrogen (secondary N) is 1. The minimum Gasteiger partial charge on any atom is -0.447 e. The molecule has 37 heavy (non-hydrogen) atoms. The van der Waals surface area contributed by atoms with Crippen LogP contribution in [0.1, 0.15) is 122 Å². The smallest absolute Gasteiger partial charge is 0.407 e. The van der Waals surface area contributed by atoms with Gasteiger partial charge in [-0.25, -0.2) is 4.79 Å². The standard InChI is InChI=1S/C31H54N2O4/c1-2-3-4-5-6-7-8-9-10-11-12-13-14-15-16-17-21-35-25-29-22-30(36-26-29)27-37-31(34)33-24-28-19-18-20-32-23-28/h18-20,23,29-30H,2-17,21-22,24-27H2,1H3,(H,33,34). The normalized spacial score (nSPS) is 17.2. The minimum absolute atomic E-state index is 0.0340. The Kier molecular flexibility index (Phi) is 19.0. The molecule has 2 atom stereocenters. The number of alkyl carbamates (subject to hydrolysis) is 1. The minimum atomic E-state index is -0.421. The molecule has 1 amide bonds. The van der Waals surface area contributed by atoms with Crippen molar-refractivity contribution >= 4 is 6.09 Å². The van der Waals surface area contributed by atoms with Gasteiger partial charge in [0.05, 0.1) is 19.3 Å². The number of carbonyl (C=O) groups excluding carboxylic acids is 1. The lowest BCUT2D eigenvalue weighted by Gasteiger charge is -2.11. The van der Waals surface area contributed by atoms with Gasteiger partial charge in [0.2, 0.25) is 0 Å². The van der Waals surface area contributed by atoms with Crippen LogP contribution in [0.2, 0.25) is 0 Å². The van der Waals surface area contributed by atoms with E-state index >= 15 is 0 Å². The summed E-state index contributed by atoms with van der Waals surface area (Å²) in [6.45, 7) is 5.25. The van der Waals surface area contributed by atoms with Crippen LogP contribution in [0, 0.1) is 5.92 Å². The van der Waals surface area contributed by atoms with Crippen molar-refractivity contribution in [3.8, 4) is 0 Å². The molecule has 6 heteroatoms. The molecule has 2 heterocycles. The molecule has 1 aromatic heterocycles. The molecule has 6 nitrogen and oxygen atoms in total. The summed E-state index contributed by atoms with van der Waals surface area (Å²) in [5.74, 6) is 0.396. The van der Waals surface area contributed by atoms with Gasteiger partial charge < -0.3 is 19.5 Å². The van der Waals surface area contributed by atoms with E-state index in [1.165, 1.54) is 96.3 Å². The zero-order chi connectivity index (χ0) is 26.2. The van der Waals surface area contributed by atoms with Gasteiger partial charge in [-0.1, -0.05) is 109 Å². The average molecular weight is 519 g/mol. The monoisotopic (exact) mass is 518 g/mol. The van der Waals surface area contributed by atoms with Crippen LogP contribution in [0.3, 0.4) is 0 Å². The summed E-state index contributed by atoms with van der Waals surface area (Å²) in [6, 6.07) is 3.76. The lowest BCUT2D eigenvalue weighted by atomic mass is 10.0. The zero-order valence-corrected chi connectivity index (χ0v) is 23.6. The molecule has 1 aliphatic rings. The number of nitrogens with zero attached hydrogens (tertiary/aromatic N) is 1. The lowest BCUT2D eigenvalue weighted by Crippen LogP contribution is -2.27. The van der Waals surface area contributed by atoms with Crippen LogP contribution < -0.4 is 5.32 Å². The number of aromatic nitrogens is 1. The molecule has 1 fully saturated rings. The second kappa shape index (κ2) is 22.3. The van der Waals surface area contributed by atoms with E-state index in [-0.39, 0.29) is 12.7 Å². The molecule has 0 radical (unpaired) electrons. The van der Waals surface area contributed by atoms with E-state index < -0.39 is 6.09 Å². The van der Waals surface area contributed by atoms with E-state index in [0.717, 1.165) is 31.6 Å². The van der Waals surface area contributed by atoms with Crippen molar-refractivity contribution in [1.29, 1.82) is 0 Å². The summed E-state index contributed by atoms with van der Waals surface area (Å²) < 4.78 is 17.0. The highest BCUT2D eigenvalue weighted by Gasteiger charge is 2.26. The zero-order valence-electron chi connectivity index (χ0n) is 23.6. The Bertz CT molecular complexity index is 658. The van der Waals surface area contributed by atoms with Crippen molar-refractivity contribution < 1.29 is 19.0 Å². The van der Waals surface area contributed by atoms with Crippen molar-refractivity contribution in [3.63, 3.8) is 0 Å². The van der Waals surface area contributed by atoms with Gasteiger partial charge in [-0.15, -0.1) is 0 Å². The summed E-state index contributed by atoms with van der Waals surface area (Å²) in [7, 11) is 0. The van der Waals surface area contributed by atoms with Gasteiger partial charge in [0.1, 0.15) is 6.61 Å². The van der Waals surface area contributed by atoms with Gasteiger partial charge >= 0.3 is 6.09 Å². The molecule has 1 saturated heterocycles. The van der Waals surface area contributed by atoms with Crippen molar-refractivity contribution in [1.82, 2.24) is 10.3 Å². The largest absolute Gasteiger partial charge is 0.447 e. The molecular weight excluding hydrogens is 464 g/mol. The number of pyridine rings is 1. The SMILES string of the molecule is CCCCCCCCCCCCCCCCCCOCC1COC(COC(=O)NCc2cccnc2)C1. The number of amides is 1. The van der Waals surface area contributed by atoms with Crippen LogP contribution in [0.4, 0.5) is 4.79 Å². The first-order chi connectivity index (χ1) is 18.3. The van der Waals surface area contributed by atoms with Crippen LogP contribution in [0.25, 0.3) is 0 Å². The Morgan fingerprint density at radius 2 is 1.54 bits per heavy atom. The summed E-state index contributed by atoms with van der Waals surface area (Å²) >= 11 is 0. The summed E-state index contributed by atoms with van der Waals surface area (Å²) in [4.78, 5) is 15.9. The third-order valence-electron chi connectivity index (χ3n) is 7.22. The Morgan fingerprint density at radius 3 is 2.14 bits per heavy atom. The van der Waals surface area contributed by atoms with E-state index in [9.17, 15) is 4.79 Å². The predicted octanol–water partition coefficient (Wildman–Crippen LogP) is 7.99. The van der Waals surface area contributed by atoms with Crippen LogP contribution in [-0.4, -0.2) is 43.6 Å². The maximum atomic E-state index is 11.9. The first-order valence-electron chi connectivity index (χ1n) is 15.3. The maximum absolute atomic E-state index is 11.9. The molecule has 0 aromatic carbocycles. The molecule has 0 spiro atoms. The Hall–Kier alpha value is -1.66. The van der Waals surface area contributed by atoms with E-state index in [4.69, 9.17) is 14.2 Å². The van der Waals surface area contributed by atoms with Crippen LogP contribution >= 0.6 is 0 Å². The van der Waals surface area contributed by atoms with E-state index in [2.05, 4.69) is 17.2 Å². The molecule has 212 valence electrons. The van der Waals surface area contributed by atoms with E-state index in [1.807, 2.05) is 12.1 Å². The first-order valence-corrected chi connectivity index (χ1v) is 15.3. The number of unbranched alkanes of at least 4 members (excludes halogenated alkanes) is 15. The van der Waals surface area contributed by atoms with Gasteiger partial charge in [0.15, 0.2) is 0 Å². The van der Waals surface area contributed by atoms with Crippen LogP contribution in [0.5, 0.6) is 0 Å². The molecule has 1 N–H and O–H groups in total. The van der Waals surface area contributed by atoms with Gasteiger partial charge in [-0.2, -0.15) is 0 Å². The second-order valence-corrected chi connectivity index (χ2v) is 10.7. The number of hydrogen-bond donors (Lipinski definition) is 1. The van der Waals surface area contributed by atoms with Gasteiger partial charge in [0, 0.05) is 31.5 Å². The quantitative estimate of drug-likeness (QED) is 0.149. The molecule has 0 aliphatic carbocycles. The van der Waals surface area contributed by atoms with E-state index in [0.29, 0.717) is 19.1 Å². The van der Waals surface area contributed by atoms with Crippen molar-refractivity contribution in [2.75, 3.05) is 26.4 Å². The topological polar surface area (TPSA) is 69.7 Å². The fourth-order valence-corrected chi connectivity index (χ4v) is 4.91. The van der Waals surface area contributed by atoms with E-state index in [1.54, 1.807) is 12.4 Å². The van der Waals surface area contributed by atoms with Gasteiger partial charge in [0.25, 0.3) is 0 Å². The Balaban J connectivity index is 1.29. The molecular formula is C31H54N2O4. The summed E-state index contributed by atoms with van der Waals surface area (Å²) in [5.41, 5.74) is 0.943. The number of rotatable bonds is 23. The van der Waals surface area contributed by atoms with Crippen molar-refractivity contribution in [2.24, 2.45) is 5.92 Å². The Labute approximate surface area is 226 Å². The second-order valence-electron chi connectivity index (χ2n) is 10.7. The average Bonchev–Trinajstić information content (AvgIpc) is 3.38. The predicted molar refractivity (Wildman–Crippen MR) is 151 cm³/mol. The molecule has 1 aliphatic heterocycles. The Morgan fingerprint density at radius 1 is 0.919 bits per heavy atom. The summed E-state index contributed by atoms with van der Waals surface area (Å²) in [5, 5.41) is 2.74. The fraction of sp³-hybridized carbons (Fsp3) is 0.806. The highest BCUT2D eigenvalue weighted by atomic mass is 16.6. The molecule has 0 bridgehead atoms.